The Morgan fingerprint density at radius 3 is 2.84 bits per heavy atom. The van der Waals surface area contributed by atoms with Crippen LogP contribution in [-0.4, -0.2) is 10.5 Å². The fourth-order valence-corrected chi connectivity index (χ4v) is 2.86. The molecule has 0 unspecified atom stereocenters. The normalized spacial score (nSPS) is 22.5. The fraction of sp³-hybridized carbons (Fsp3) is 0.333. The number of hydrogen-bond donors (Lipinski definition) is 0. The van der Waals surface area contributed by atoms with Gasteiger partial charge in [-0.15, -0.1) is 11.3 Å². The zero-order chi connectivity index (χ0) is 13.2. The van der Waals surface area contributed by atoms with E-state index < -0.39 is 0 Å². The minimum Gasteiger partial charge on any atom is -0.319 e. The summed E-state index contributed by atoms with van der Waals surface area (Å²) in [6.07, 6.45) is 2.98. The quantitative estimate of drug-likeness (QED) is 0.846. The molecule has 2 aromatic rings. The summed E-state index contributed by atoms with van der Waals surface area (Å²) in [6, 6.07) is 10.2. The maximum Gasteiger partial charge on any atom is 0.251 e. The molecule has 1 aliphatic rings. The van der Waals surface area contributed by atoms with Crippen LogP contribution < -0.4 is 4.80 Å². The van der Waals surface area contributed by atoms with Gasteiger partial charge in [0, 0.05) is 24.0 Å². The summed E-state index contributed by atoms with van der Waals surface area (Å²) in [5.74, 6) is 0.711. The molecular formula is C15H16N2OS. The van der Waals surface area contributed by atoms with E-state index >= 15 is 0 Å². The van der Waals surface area contributed by atoms with Crippen LogP contribution in [0.4, 0.5) is 0 Å². The predicted molar refractivity (Wildman–Crippen MR) is 75.7 cm³/mol. The first kappa shape index (κ1) is 12.4. The van der Waals surface area contributed by atoms with Crippen LogP contribution in [-0.2, 0) is 11.3 Å². The number of carbonyl (C=O) groups excluding carboxylic acids is 1. The highest BCUT2D eigenvalue weighted by Gasteiger charge is 2.39. The van der Waals surface area contributed by atoms with Gasteiger partial charge in [-0.25, -0.2) is 0 Å². The molecule has 4 heteroatoms. The number of amides is 1. The van der Waals surface area contributed by atoms with E-state index in [1.807, 2.05) is 34.3 Å². The van der Waals surface area contributed by atoms with E-state index in [4.69, 9.17) is 0 Å². The van der Waals surface area contributed by atoms with Crippen molar-refractivity contribution in [2.24, 2.45) is 16.8 Å². The van der Waals surface area contributed by atoms with Crippen LogP contribution in [0.15, 0.2) is 46.9 Å². The van der Waals surface area contributed by atoms with Crippen molar-refractivity contribution >= 4 is 17.2 Å². The number of rotatable bonds is 3. The minimum absolute atomic E-state index is 0.0387. The van der Waals surface area contributed by atoms with E-state index in [0.717, 1.165) is 17.8 Å². The van der Waals surface area contributed by atoms with Crippen molar-refractivity contribution in [2.45, 2.75) is 19.9 Å². The summed E-state index contributed by atoms with van der Waals surface area (Å²) in [6.45, 7) is 2.86. The van der Waals surface area contributed by atoms with Crippen LogP contribution in [0.25, 0.3) is 0 Å². The molecule has 0 aliphatic heterocycles. The van der Waals surface area contributed by atoms with Crippen LogP contribution in [0.3, 0.4) is 0 Å². The van der Waals surface area contributed by atoms with Gasteiger partial charge in [0.05, 0.1) is 0 Å². The highest BCUT2D eigenvalue weighted by atomic mass is 32.1. The summed E-state index contributed by atoms with van der Waals surface area (Å²) >= 11 is 1.52. The Morgan fingerprint density at radius 1 is 1.42 bits per heavy atom. The largest absolute Gasteiger partial charge is 0.319 e. The number of aromatic nitrogens is 1. The maximum atomic E-state index is 11.9. The Labute approximate surface area is 116 Å². The molecule has 0 radical (unpaired) electrons. The van der Waals surface area contributed by atoms with Crippen LogP contribution in [0, 0.1) is 11.8 Å². The van der Waals surface area contributed by atoms with Gasteiger partial charge in [0.2, 0.25) is 0 Å². The third kappa shape index (κ3) is 2.84. The van der Waals surface area contributed by atoms with Crippen LogP contribution >= 0.6 is 11.3 Å². The van der Waals surface area contributed by atoms with Crippen LogP contribution in [0.5, 0.6) is 0 Å². The van der Waals surface area contributed by atoms with Gasteiger partial charge >= 0.3 is 0 Å². The molecule has 1 amide bonds. The van der Waals surface area contributed by atoms with Crippen LogP contribution in [0.1, 0.15) is 18.9 Å². The highest BCUT2D eigenvalue weighted by molar-refractivity contribution is 7.07. The lowest BCUT2D eigenvalue weighted by molar-refractivity contribution is -0.119. The number of benzene rings is 1. The molecule has 1 aliphatic carbocycles. The molecule has 1 saturated carbocycles. The Morgan fingerprint density at radius 2 is 2.16 bits per heavy atom. The number of hydrogen-bond acceptors (Lipinski definition) is 2. The van der Waals surface area contributed by atoms with E-state index in [-0.39, 0.29) is 11.8 Å². The second-order valence-corrected chi connectivity index (χ2v) is 5.94. The zero-order valence-electron chi connectivity index (χ0n) is 10.8. The summed E-state index contributed by atoms with van der Waals surface area (Å²) < 4.78 is 2.03. The first-order valence-corrected chi connectivity index (χ1v) is 7.38. The summed E-state index contributed by atoms with van der Waals surface area (Å²) in [5, 5.41) is 1.98. The molecule has 3 rings (SSSR count). The van der Waals surface area contributed by atoms with Crippen molar-refractivity contribution < 1.29 is 4.79 Å². The van der Waals surface area contributed by atoms with Gasteiger partial charge < -0.3 is 4.57 Å². The Hall–Kier alpha value is -1.68. The van der Waals surface area contributed by atoms with E-state index in [1.165, 1.54) is 16.9 Å². The highest BCUT2D eigenvalue weighted by Crippen LogP contribution is 2.38. The van der Waals surface area contributed by atoms with Gasteiger partial charge in [0.25, 0.3) is 5.91 Å². The molecule has 0 spiro atoms. The molecule has 0 saturated heterocycles. The van der Waals surface area contributed by atoms with Crippen molar-refractivity contribution in [3.05, 3.63) is 52.3 Å². The summed E-state index contributed by atoms with van der Waals surface area (Å²) in [4.78, 5) is 17.0. The maximum absolute atomic E-state index is 11.9. The molecule has 1 heterocycles. The Kier molecular flexibility index (Phi) is 3.34. The topological polar surface area (TPSA) is 34.4 Å². The molecular weight excluding hydrogens is 256 g/mol. The van der Waals surface area contributed by atoms with Gasteiger partial charge in [-0.3, -0.25) is 4.79 Å². The smallest absolute Gasteiger partial charge is 0.251 e. The third-order valence-corrected chi connectivity index (χ3v) is 4.28. The molecule has 2 atom stereocenters. The molecule has 0 bridgehead atoms. The lowest BCUT2D eigenvalue weighted by Gasteiger charge is -2.02. The number of carbonyl (C=O) groups is 1. The van der Waals surface area contributed by atoms with Gasteiger partial charge in [-0.05, 0) is 17.9 Å². The van der Waals surface area contributed by atoms with Crippen molar-refractivity contribution in [3.8, 4) is 0 Å². The van der Waals surface area contributed by atoms with E-state index in [2.05, 4.69) is 24.0 Å². The molecule has 0 N–H and O–H groups in total. The third-order valence-electron chi connectivity index (χ3n) is 3.49. The standard InChI is InChI=1S/C15H16N2OS/c1-11-9-13(11)14(18)16-15-17(7-8-19-15)10-12-5-3-2-4-6-12/h2-8,11,13H,9-10H2,1H3/t11-,13-/m0/s1. The molecule has 1 fully saturated rings. The monoisotopic (exact) mass is 272 g/mol. The average Bonchev–Trinajstić information content (AvgIpc) is 3.00. The predicted octanol–water partition coefficient (Wildman–Crippen LogP) is 2.68. The summed E-state index contributed by atoms with van der Waals surface area (Å²) in [5.41, 5.74) is 1.22. The van der Waals surface area contributed by atoms with Gasteiger partial charge in [0.15, 0.2) is 4.80 Å². The lowest BCUT2D eigenvalue weighted by Crippen LogP contribution is -2.17. The zero-order valence-corrected chi connectivity index (χ0v) is 11.6. The van der Waals surface area contributed by atoms with Crippen molar-refractivity contribution in [3.63, 3.8) is 0 Å². The minimum atomic E-state index is 0.0387. The van der Waals surface area contributed by atoms with E-state index in [1.54, 1.807) is 0 Å². The molecule has 1 aromatic carbocycles. The second kappa shape index (κ2) is 5.13. The Bertz CT molecular complexity index is 641. The first-order valence-electron chi connectivity index (χ1n) is 6.50. The molecule has 1 aromatic heterocycles. The second-order valence-electron chi connectivity index (χ2n) is 5.07. The number of thiazole rings is 1. The lowest BCUT2D eigenvalue weighted by atomic mass is 10.2. The fourth-order valence-electron chi connectivity index (χ4n) is 2.13. The van der Waals surface area contributed by atoms with Gasteiger partial charge in [0.1, 0.15) is 0 Å². The average molecular weight is 272 g/mol. The van der Waals surface area contributed by atoms with E-state index in [9.17, 15) is 4.79 Å². The van der Waals surface area contributed by atoms with Crippen molar-refractivity contribution in [2.75, 3.05) is 0 Å². The van der Waals surface area contributed by atoms with Crippen molar-refractivity contribution in [1.29, 1.82) is 0 Å². The van der Waals surface area contributed by atoms with Gasteiger partial charge in [-0.1, -0.05) is 37.3 Å². The SMILES string of the molecule is C[C@H]1C[C@@H]1C(=O)N=c1sccn1Cc1ccccc1. The van der Waals surface area contributed by atoms with Crippen molar-refractivity contribution in [1.82, 2.24) is 4.57 Å². The number of nitrogens with zero attached hydrogens (tertiary/aromatic N) is 2. The first-order chi connectivity index (χ1) is 9.24. The summed E-state index contributed by atoms with van der Waals surface area (Å²) in [7, 11) is 0. The van der Waals surface area contributed by atoms with Crippen LogP contribution in [0.2, 0.25) is 0 Å². The molecule has 98 valence electrons. The molecule has 3 nitrogen and oxygen atoms in total. The van der Waals surface area contributed by atoms with E-state index in [0.29, 0.717) is 5.92 Å². The Balaban J connectivity index is 1.82. The van der Waals surface area contributed by atoms with Gasteiger partial charge in [-0.2, -0.15) is 4.99 Å². The molecule has 19 heavy (non-hydrogen) atoms.